The number of rotatable bonds is 2. The maximum Gasteiger partial charge on any atom is 0.224 e. The Hall–Kier alpha value is -1.38. The number of ketones is 2. The maximum absolute atomic E-state index is 13.2. The minimum absolute atomic E-state index is 0.00440. The number of carbonyl (C=O) groups is 2. The molecule has 126 valence electrons. The van der Waals surface area contributed by atoms with E-state index >= 15 is 0 Å². The van der Waals surface area contributed by atoms with Gasteiger partial charge in [0.1, 0.15) is 0 Å². The summed E-state index contributed by atoms with van der Waals surface area (Å²) in [5, 5.41) is 0. The number of hydrogen-bond donors (Lipinski definition) is 0. The van der Waals surface area contributed by atoms with E-state index in [1.54, 1.807) is 0 Å². The Bertz CT molecular complexity index is 652. The van der Waals surface area contributed by atoms with Crippen molar-refractivity contribution >= 4 is 11.6 Å². The fourth-order valence-corrected chi connectivity index (χ4v) is 5.30. The van der Waals surface area contributed by atoms with Gasteiger partial charge in [0, 0.05) is 16.7 Å². The third-order valence-electron chi connectivity index (χ3n) is 6.88. The summed E-state index contributed by atoms with van der Waals surface area (Å²) < 4.78 is 5.41. The first kappa shape index (κ1) is 16.5. The van der Waals surface area contributed by atoms with E-state index in [0.29, 0.717) is 11.5 Å². The fraction of sp³-hybridized carbons (Fsp3) is 0.700. The van der Waals surface area contributed by atoms with E-state index in [1.165, 1.54) is 7.11 Å². The van der Waals surface area contributed by atoms with Crippen molar-refractivity contribution in [3.05, 3.63) is 22.5 Å². The molecule has 3 aliphatic carbocycles. The van der Waals surface area contributed by atoms with Crippen molar-refractivity contribution in [2.45, 2.75) is 60.3 Å². The van der Waals surface area contributed by atoms with E-state index in [1.807, 2.05) is 13.8 Å². The van der Waals surface area contributed by atoms with Crippen molar-refractivity contribution in [2.24, 2.45) is 22.7 Å². The van der Waals surface area contributed by atoms with E-state index in [9.17, 15) is 9.59 Å². The Kier molecular flexibility index (Phi) is 3.62. The molecule has 0 aromatic heterocycles. The molecule has 3 rings (SSSR count). The van der Waals surface area contributed by atoms with Crippen LogP contribution in [0.4, 0.5) is 0 Å². The second kappa shape index (κ2) is 5.06. The van der Waals surface area contributed by atoms with E-state index in [-0.39, 0.29) is 34.1 Å². The van der Waals surface area contributed by atoms with Gasteiger partial charge in [-0.1, -0.05) is 41.0 Å². The highest BCUT2D eigenvalue weighted by Crippen LogP contribution is 2.62. The summed E-state index contributed by atoms with van der Waals surface area (Å²) in [6.45, 7) is 10.7. The molecule has 3 aliphatic rings. The average Bonchev–Trinajstić information content (AvgIpc) is 2.46. The van der Waals surface area contributed by atoms with Gasteiger partial charge in [-0.15, -0.1) is 0 Å². The number of allylic oxidation sites excluding steroid dienone is 3. The van der Waals surface area contributed by atoms with E-state index in [0.717, 1.165) is 36.8 Å². The lowest BCUT2D eigenvalue weighted by molar-refractivity contribution is -0.123. The number of ether oxygens (including phenoxy) is 1. The number of fused-ring (bicyclic) bond motifs is 3. The second-order valence-electron chi connectivity index (χ2n) is 8.44. The van der Waals surface area contributed by atoms with Gasteiger partial charge in [-0.05, 0) is 41.9 Å². The smallest absolute Gasteiger partial charge is 0.224 e. The van der Waals surface area contributed by atoms with E-state index in [2.05, 4.69) is 20.8 Å². The summed E-state index contributed by atoms with van der Waals surface area (Å²) in [6, 6.07) is 0. The van der Waals surface area contributed by atoms with Crippen LogP contribution in [-0.4, -0.2) is 18.7 Å². The van der Waals surface area contributed by atoms with Crippen molar-refractivity contribution in [1.29, 1.82) is 0 Å². The molecule has 3 nitrogen and oxygen atoms in total. The molecule has 0 unspecified atom stereocenters. The van der Waals surface area contributed by atoms with Crippen LogP contribution in [0.2, 0.25) is 0 Å². The Morgan fingerprint density at radius 3 is 2.35 bits per heavy atom. The lowest BCUT2D eigenvalue weighted by atomic mass is 9.47. The van der Waals surface area contributed by atoms with E-state index < -0.39 is 0 Å². The van der Waals surface area contributed by atoms with Crippen LogP contribution in [0, 0.1) is 22.7 Å². The molecule has 2 bridgehead atoms. The highest BCUT2D eigenvalue weighted by atomic mass is 16.5. The molecule has 23 heavy (non-hydrogen) atoms. The minimum Gasteiger partial charge on any atom is -0.492 e. The summed E-state index contributed by atoms with van der Waals surface area (Å²) >= 11 is 0. The molecule has 3 heteroatoms. The van der Waals surface area contributed by atoms with Crippen molar-refractivity contribution in [1.82, 2.24) is 0 Å². The van der Waals surface area contributed by atoms with Gasteiger partial charge in [0.25, 0.3) is 0 Å². The van der Waals surface area contributed by atoms with Crippen LogP contribution < -0.4 is 0 Å². The van der Waals surface area contributed by atoms with Gasteiger partial charge >= 0.3 is 0 Å². The molecular formula is C20H28O3. The van der Waals surface area contributed by atoms with Crippen molar-refractivity contribution in [3.8, 4) is 0 Å². The lowest BCUT2D eigenvalue weighted by Crippen LogP contribution is -2.51. The lowest BCUT2D eigenvalue weighted by Gasteiger charge is -2.56. The molecule has 3 atom stereocenters. The molecule has 0 amide bonds. The third kappa shape index (κ3) is 2.01. The Labute approximate surface area is 139 Å². The van der Waals surface area contributed by atoms with E-state index in [4.69, 9.17) is 4.74 Å². The minimum atomic E-state index is -0.209. The quantitative estimate of drug-likeness (QED) is 0.716. The predicted octanol–water partition coefficient (Wildman–Crippen LogP) is 4.23. The predicted molar refractivity (Wildman–Crippen MR) is 89.8 cm³/mol. The molecule has 0 spiro atoms. The molecule has 0 saturated heterocycles. The highest BCUT2D eigenvalue weighted by molar-refractivity contribution is 6.25. The summed E-state index contributed by atoms with van der Waals surface area (Å²) in [4.78, 5) is 26.4. The third-order valence-corrected chi connectivity index (χ3v) is 6.88. The Morgan fingerprint density at radius 1 is 1.13 bits per heavy atom. The van der Waals surface area contributed by atoms with Gasteiger partial charge in [0.15, 0.2) is 11.5 Å². The highest BCUT2D eigenvalue weighted by Gasteiger charge is 2.57. The molecule has 1 saturated carbocycles. The average molecular weight is 316 g/mol. The largest absolute Gasteiger partial charge is 0.492 e. The molecule has 0 N–H and O–H groups in total. The van der Waals surface area contributed by atoms with Crippen LogP contribution in [-0.2, 0) is 14.3 Å². The topological polar surface area (TPSA) is 43.4 Å². The fourth-order valence-electron chi connectivity index (χ4n) is 5.30. The van der Waals surface area contributed by atoms with Gasteiger partial charge in [-0.2, -0.15) is 0 Å². The SMILES string of the molecule is COC1=C(C(C)C)C(=O)C2=C(C1=O)[C@@]1(C)CCC[C@@](C)(C2)[C@H]1C. The zero-order valence-corrected chi connectivity index (χ0v) is 15.2. The monoisotopic (exact) mass is 316 g/mol. The summed E-state index contributed by atoms with van der Waals surface area (Å²) in [7, 11) is 1.51. The first-order valence-electron chi connectivity index (χ1n) is 8.78. The van der Waals surface area contributed by atoms with Crippen LogP contribution in [0.15, 0.2) is 22.5 Å². The maximum atomic E-state index is 13.2. The summed E-state index contributed by atoms with van der Waals surface area (Å²) in [5.74, 6) is 0.696. The zero-order valence-electron chi connectivity index (χ0n) is 15.2. The standard InChI is InChI=1S/C20H28O3/c1-11(2)14-16(21)13-10-19(4)8-7-9-20(5,12(19)3)15(13)17(22)18(14)23-6/h11-12H,7-10H2,1-6H3/t12-,19+,20+/m1/s1. The van der Waals surface area contributed by atoms with Gasteiger partial charge < -0.3 is 4.74 Å². The van der Waals surface area contributed by atoms with Gasteiger partial charge in [0.2, 0.25) is 5.78 Å². The van der Waals surface area contributed by atoms with Crippen LogP contribution >= 0.6 is 0 Å². The number of Topliss-reactive ketones (excluding diaryl/α,β-unsaturated/α-hetero) is 2. The summed E-state index contributed by atoms with van der Waals surface area (Å²) in [6.07, 6.45) is 3.98. The second-order valence-corrected chi connectivity index (χ2v) is 8.44. The van der Waals surface area contributed by atoms with Crippen LogP contribution in [0.25, 0.3) is 0 Å². The number of carbonyl (C=O) groups excluding carboxylic acids is 2. The zero-order chi connectivity index (χ0) is 17.2. The molecule has 0 heterocycles. The van der Waals surface area contributed by atoms with Crippen molar-refractivity contribution < 1.29 is 14.3 Å². The normalized spacial score (nSPS) is 37.4. The van der Waals surface area contributed by atoms with Crippen molar-refractivity contribution in [3.63, 3.8) is 0 Å². The molecule has 0 aromatic rings. The summed E-state index contributed by atoms with van der Waals surface area (Å²) in [5.41, 5.74) is 2.01. The van der Waals surface area contributed by atoms with Gasteiger partial charge in [0.05, 0.1) is 7.11 Å². The number of methoxy groups -OCH3 is 1. The molecule has 0 aromatic carbocycles. The first-order chi connectivity index (χ1) is 10.7. The molecule has 0 aliphatic heterocycles. The Balaban J connectivity index is 2.23. The molecule has 1 fully saturated rings. The van der Waals surface area contributed by atoms with Crippen molar-refractivity contribution in [2.75, 3.05) is 7.11 Å². The van der Waals surface area contributed by atoms with Crippen LogP contribution in [0.3, 0.4) is 0 Å². The molecule has 0 radical (unpaired) electrons. The first-order valence-corrected chi connectivity index (χ1v) is 8.78. The number of hydrogen-bond acceptors (Lipinski definition) is 3. The van der Waals surface area contributed by atoms with Crippen LogP contribution in [0.1, 0.15) is 60.3 Å². The Morgan fingerprint density at radius 2 is 1.78 bits per heavy atom. The van der Waals surface area contributed by atoms with Crippen LogP contribution in [0.5, 0.6) is 0 Å². The molecular weight excluding hydrogens is 288 g/mol. The van der Waals surface area contributed by atoms with Gasteiger partial charge in [-0.25, -0.2) is 0 Å². The van der Waals surface area contributed by atoms with Gasteiger partial charge in [-0.3, -0.25) is 9.59 Å².